The molecule has 4 aromatic rings. The van der Waals surface area contributed by atoms with E-state index in [4.69, 9.17) is 4.98 Å². The van der Waals surface area contributed by atoms with Crippen molar-refractivity contribution in [3.05, 3.63) is 71.2 Å². The summed E-state index contributed by atoms with van der Waals surface area (Å²) >= 11 is 1.37. The lowest BCUT2D eigenvalue weighted by atomic mass is 10.1. The van der Waals surface area contributed by atoms with Crippen molar-refractivity contribution in [2.24, 2.45) is 0 Å². The van der Waals surface area contributed by atoms with E-state index in [0.717, 1.165) is 54.1 Å². The molecule has 4 heterocycles. The second kappa shape index (κ2) is 12.8. The van der Waals surface area contributed by atoms with Crippen LogP contribution in [0, 0.1) is 0 Å². The van der Waals surface area contributed by atoms with E-state index in [1.54, 1.807) is 6.20 Å². The molecule has 0 saturated carbocycles. The van der Waals surface area contributed by atoms with Gasteiger partial charge in [-0.1, -0.05) is 31.5 Å². The van der Waals surface area contributed by atoms with Crippen molar-refractivity contribution in [3.63, 3.8) is 0 Å². The van der Waals surface area contributed by atoms with Crippen LogP contribution in [-0.2, 0) is 0 Å². The number of hydrogen-bond acceptors (Lipinski definition) is 7. The van der Waals surface area contributed by atoms with Gasteiger partial charge in [0.15, 0.2) is 0 Å². The number of thiophene rings is 1. The SMILES string of the molecule is CCCNc1nc(-c2ccc(NC(=O)c3cc4cccnc4s3)cc2)ccc1C(=O)NCCN1CCCCC1. The number of hydrogen-bond donors (Lipinski definition) is 3. The molecule has 1 saturated heterocycles. The fraction of sp³-hybridized carbons (Fsp3) is 0.333. The van der Waals surface area contributed by atoms with E-state index in [9.17, 15) is 9.59 Å². The number of pyridine rings is 2. The Balaban J connectivity index is 1.25. The first-order chi connectivity index (χ1) is 19.1. The van der Waals surface area contributed by atoms with Gasteiger partial charge in [0.2, 0.25) is 0 Å². The maximum absolute atomic E-state index is 13.0. The molecule has 0 radical (unpaired) electrons. The minimum absolute atomic E-state index is 0.112. The number of aromatic nitrogens is 2. The van der Waals surface area contributed by atoms with Crippen molar-refractivity contribution in [1.29, 1.82) is 0 Å². The molecule has 9 heteroatoms. The molecule has 1 aromatic carbocycles. The number of fused-ring (bicyclic) bond motifs is 1. The Hall–Kier alpha value is -3.82. The number of amides is 2. The Kier molecular flexibility index (Phi) is 8.80. The first-order valence-electron chi connectivity index (χ1n) is 13.6. The molecule has 1 aliphatic heterocycles. The third-order valence-corrected chi connectivity index (χ3v) is 7.86. The van der Waals surface area contributed by atoms with Crippen LogP contribution in [0.15, 0.2) is 60.8 Å². The summed E-state index contributed by atoms with van der Waals surface area (Å²) in [4.78, 5) is 38.7. The van der Waals surface area contributed by atoms with E-state index in [-0.39, 0.29) is 11.8 Å². The van der Waals surface area contributed by atoms with Gasteiger partial charge in [-0.15, -0.1) is 11.3 Å². The van der Waals surface area contributed by atoms with Crippen molar-refractivity contribution in [1.82, 2.24) is 20.2 Å². The topological polar surface area (TPSA) is 99.2 Å². The molecule has 0 aliphatic carbocycles. The van der Waals surface area contributed by atoms with Crippen LogP contribution < -0.4 is 16.0 Å². The van der Waals surface area contributed by atoms with E-state index in [2.05, 4.69) is 32.8 Å². The Labute approximate surface area is 232 Å². The number of nitrogens with zero attached hydrogens (tertiary/aromatic N) is 3. The maximum Gasteiger partial charge on any atom is 0.265 e. The third-order valence-electron chi connectivity index (χ3n) is 6.80. The highest BCUT2D eigenvalue weighted by Gasteiger charge is 2.16. The Bertz CT molecular complexity index is 1400. The maximum atomic E-state index is 13.0. The average Bonchev–Trinajstić information content (AvgIpc) is 3.42. The van der Waals surface area contributed by atoms with Gasteiger partial charge < -0.3 is 20.9 Å². The number of piperidine rings is 1. The van der Waals surface area contributed by atoms with Gasteiger partial charge in [-0.3, -0.25) is 9.59 Å². The number of anilines is 2. The molecule has 2 amide bonds. The lowest BCUT2D eigenvalue weighted by Crippen LogP contribution is -2.37. The molecule has 1 aliphatic rings. The second-order valence-corrected chi connectivity index (χ2v) is 10.7. The van der Waals surface area contributed by atoms with Crippen LogP contribution in [0.5, 0.6) is 0 Å². The molecular formula is C30H34N6O2S. The van der Waals surface area contributed by atoms with Gasteiger partial charge >= 0.3 is 0 Å². The van der Waals surface area contributed by atoms with Crippen LogP contribution in [0.4, 0.5) is 11.5 Å². The van der Waals surface area contributed by atoms with Gasteiger partial charge in [-0.25, -0.2) is 9.97 Å². The smallest absolute Gasteiger partial charge is 0.265 e. The van der Waals surface area contributed by atoms with Gasteiger partial charge in [-0.2, -0.15) is 0 Å². The third kappa shape index (κ3) is 6.79. The van der Waals surface area contributed by atoms with Crippen molar-refractivity contribution in [2.45, 2.75) is 32.6 Å². The Morgan fingerprint density at radius 2 is 1.79 bits per heavy atom. The van der Waals surface area contributed by atoms with Crippen LogP contribution in [0.2, 0.25) is 0 Å². The van der Waals surface area contributed by atoms with E-state index in [1.807, 2.05) is 54.6 Å². The minimum Gasteiger partial charge on any atom is -0.369 e. The summed E-state index contributed by atoms with van der Waals surface area (Å²) in [7, 11) is 0. The standard InChI is InChI=1S/C30H34N6O2S/c1-2-14-31-27-24(28(37)32-16-19-36-17-4-3-5-18-36)12-13-25(35-27)21-8-10-23(11-9-21)34-29(38)26-20-22-7-6-15-33-30(22)39-26/h6-13,15,20H,2-5,14,16-19H2,1H3,(H,31,35)(H,32,37)(H,34,38). The predicted octanol–water partition coefficient (Wildman–Crippen LogP) is 5.65. The van der Waals surface area contributed by atoms with Gasteiger partial charge in [-0.05, 0) is 68.8 Å². The zero-order valence-electron chi connectivity index (χ0n) is 22.2. The summed E-state index contributed by atoms with van der Waals surface area (Å²) in [6.07, 6.45) is 6.43. The molecular weight excluding hydrogens is 508 g/mol. The monoisotopic (exact) mass is 542 g/mol. The molecule has 0 bridgehead atoms. The predicted molar refractivity (Wildman–Crippen MR) is 159 cm³/mol. The number of carbonyl (C=O) groups excluding carboxylic acids is 2. The number of likely N-dealkylation sites (tertiary alicyclic amines) is 1. The molecule has 202 valence electrons. The number of benzene rings is 1. The average molecular weight is 543 g/mol. The molecule has 3 aromatic heterocycles. The van der Waals surface area contributed by atoms with Gasteiger partial charge in [0.25, 0.3) is 11.8 Å². The van der Waals surface area contributed by atoms with Gasteiger partial charge in [0.1, 0.15) is 10.6 Å². The molecule has 8 nitrogen and oxygen atoms in total. The summed E-state index contributed by atoms with van der Waals surface area (Å²) in [5.41, 5.74) is 2.90. The minimum atomic E-state index is -0.162. The van der Waals surface area contributed by atoms with E-state index < -0.39 is 0 Å². The Morgan fingerprint density at radius 3 is 2.56 bits per heavy atom. The van der Waals surface area contributed by atoms with E-state index in [0.29, 0.717) is 28.5 Å². The quantitative estimate of drug-likeness (QED) is 0.240. The van der Waals surface area contributed by atoms with Gasteiger partial charge in [0.05, 0.1) is 16.1 Å². The molecule has 0 atom stereocenters. The van der Waals surface area contributed by atoms with Crippen molar-refractivity contribution in [3.8, 4) is 11.3 Å². The zero-order valence-corrected chi connectivity index (χ0v) is 23.0. The highest BCUT2D eigenvalue weighted by atomic mass is 32.1. The van der Waals surface area contributed by atoms with E-state index in [1.165, 1.54) is 30.6 Å². The Morgan fingerprint density at radius 1 is 0.974 bits per heavy atom. The van der Waals surface area contributed by atoms with Crippen LogP contribution in [0.3, 0.4) is 0 Å². The summed E-state index contributed by atoms with van der Waals surface area (Å²) in [6.45, 7) is 6.53. The second-order valence-electron chi connectivity index (χ2n) is 9.72. The molecule has 5 rings (SSSR count). The summed E-state index contributed by atoms with van der Waals surface area (Å²) < 4.78 is 0. The first-order valence-corrected chi connectivity index (χ1v) is 14.4. The van der Waals surface area contributed by atoms with E-state index >= 15 is 0 Å². The largest absolute Gasteiger partial charge is 0.369 e. The highest BCUT2D eigenvalue weighted by molar-refractivity contribution is 7.20. The number of carbonyl (C=O) groups is 2. The van der Waals surface area contributed by atoms with Crippen molar-refractivity contribution < 1.29 is 9.59 Å². The number of nitrogens with one attached hydrogen (secondary N) is 3. The van der Waals surface area contributed by atoms with Crippen molar-refractivity contribution in [2.75, 3.05) is 43.4 Å². The summed E-state index contributed by atoms with van der Waals surface area (Å²) in [5, 5.41) is 10.3. The van der Waals surface area contributed by atoms with Crippen LogP contribution in [0.25, 0.3) is 21.5 Å². The molecule has 39 heavy (non-hydrogen) atoms. The van der Waals surface area contributed by atoms with Crippen molar-refractivity contribution >= 4 is 44.9 Å². The van der Waals surface area contributed by atoms with Gasteiger partial charge in [0, 0.05) is 42.5 Å². The number of rotatable bonds is 10. The molecule has 0 unspecified atom stereocenters. The van der Waals surface area contributed by atoms with Crippen LogP contribution in [0.1, 0.15) is 52.6 Å². The lowest BCUT2D eigenvalue weighted by molar-refractivity contribution is 0.0946. The molecule has 0 spiro atoms. The molecule has 1 fully saturated rings. The van der Waals surface area contributed by atoms with Crippen LogP contribution in [-0.4, -0.2) is 59.4 Å². The molecule has 3 N–H and O–H groups in total. The normalized spacial score (nSPS) is 13.8. The fourth-order valence-electron chi connectivity index (χ4n) is 4.69. The highest BCUT2D eigenvalue weighted by Crippen LogP contribution is 2.26. The van der Waals surface area contributed by atoms with Crippen LogP contribution >= 0.6 is 11.3 Å². The summed E-state index contributed by atoms with van der Waals surface area (Å²) in [5.74, 6) is 0.310. The fourth-order valence-corrected chi connectivity index (χ4v) is 5.59. The lowest BCUT2D eigenvalue weighted by Gasteiger charge is -2.26. The first kappa shape index (κ1) is 26.8. The zero-order chi connectivity index (χ0) is 27.0. The summed E-state index contributed by atoms with van der Waals surface area (Å²) in [6, 6.07) is 16.9.